The molecule has 0 aliphatic rings. The Labute approximate surface area is 88.5 Å². The fourth-order valence-electron chi connectivity index (χ4n) is 1.17. The zero-order valence-corrected chi connectivity index (χ0v) is 8.88. The number of benzene rings is 1. The highest BCUT2D eigenvalue weighted by Gasteiger charge is 2.08. The number of rotatable bonds is 3. The first-order valence-electron chi connectivity index (χ1n) is 4.89. The first-order chi connectivity index (χ1) is 7.04. The Kier molecular flexibility index (Phi) is 3.80. The minimum atomic E-state index is -0.598. The molecule has 0 heterocycles. The van der Waals surface area contributed by atoms with E-state index in [9.17, 15) is 9.18 Å². The van der Waals surface area contributed by atoms with Gasteiger partial charge in [-0.2, -0.15) is 0 Å². The smallest absolute Gasteiger partial charge is 0.241 e. The van der Waals surface area contributed by atoms with Gasteiger partial charge in [0.25, 0.3) is 0 Å². The Morgan fingerprint density at radius 2 is 2.27 bits per heavy atom. The van der Waals surface area contributed by atoms with Crippen molar-refractivity contribution in [1.82, 2.24) is 0 Å². The standard InChI is InChI=1S/C11H15FN2O/c1-3-8-4-5-9(6-10(8)12)14-11(15)7(2)13/h4-7H,3,13H2,1-2H3,(H,14,15). The summed E-state index contributed by atoms with van der Waals surface area (Å²) in [5, 5.41) is 2.53. The molecule has 4 heteroatoms. The molecule has 0 bridgehead atoms. The molecule has 3 N–H and O–H groups in total. The predicted molar refractivity (Wildman–Crippen MR) is 58.1 cm³/mol. The lowest BCUT2D eigenvalue weighted by Crippen LogP contribution is -2.32. The minimum Gasteiger partial charge on any atom is -0.325 e. The topological polar surface area (TPSA) is 55.1 Å². The molecule has 1 rings (SSSR count). The maximum atomic E-state index is 13.3. The van der Waals surface area contributed by atoms with Crippen molar-refractivity contribution >= 4 is 11.6 Å². The van der Waals surface area contributed by atoms with Gasteiger partial charge in [-0.15, -0.1) is 0 Å². The second kappa shape index (κ2) is 4.89. The van der Waals surface area contributed by atoms with E-state index in [0.717, 1.165) is 0 Å². The van der Waals surface area contributed by atoms with Gasteiger partial charge in [-0.25, -0.2) is 4.39 Å². The molecule has 0 aliphatic carbocycles. The lowest BCUT2D eigenvalue weighted by molar-refractivity contribution is -0.117. The maximum absolute atomic E-state index is 13.3. The normalized spacial score (nSPS) is 12.3. The molecule has 0 spiro atoms. The molecule has 3 nitrogen and oxygen atoms in total. The Bertz CT molecular complexity index is 364. The molecule has 0 saturated carbocycles. The second-order valence-corrected chi connectivity index (χ2v) is 3.44. The zero-order valence-electron chi connectivity index (χ0n) is 8.88. The molecule has 1 atom stereocenters. The van der Waals surface area contributed by atoms with E-state index in [1.807, 2.05) is 6.92 Å². The Morgan fingerprint density at radius 1 is 1.60 bits per heavy atom. The molecule has 1 aromatic rings. The van der Waals surface area contributed by atoms with Gasteiger partial charge < -0.3 is 11.1 Å². The molecule has 0 fully saturated rings. The molecule has 82 valence electrons. The van der Waals surface area contributed by atoms with Crippen LogP contribution >= 0.6 is 0 Å². The van der Waals surface area contributed by atoms with Crippen molar-refractivity contribution in [2.45, 2.75) is 26.3 Å². The Balaban J connectivity index is 2.80. The average molecular weight is 210 g/mol. The number of anilines is 1. The van der Waals surface area contributed by atoms with Crippen LogP contribution in [0.2, 0.25) is 0 Å². The van der Waals surface area contributed by atoms with Crippen LogP contribution < -0.4 is 11.1 Å². The third-order valence-corrected chi connectivity index (χ3v) is 2.12. The maximum Gasteiger partial charge on any atom is 0.241 e. The largest absolute Gasteiger partial charge is 0.325 e. The van der Waals surface area contributed by atoms with Crippen LogP contribution in [0.3, 0.4) is 0 Å². The molecule has 0 aliphatic heterocycles. The van der Waals surface area contributed by atoms with Gasteiger partial charge in [0.2, 0.25) is 5.91 Å². The summed E-state index contributed by atoms with van der Waals surface area (Å²) in [6.45, 7) is 3.45. The van der Waals surface area contributed by atoms with Gasteiger partial charge >= 0.3 is 0 Å². The van der Waals surface area contributed by atoms with Gasteiger partial charge in [-0.05, 0) is 31.0 Å². The van der Waals surface area contributed by atoms with Crippen molar-refractivity contribution in [1.29, 1.82) is 0 Å². The summed E-state index contributed by atoms with van der Waals surface area (Å²) in [7, 11) is 0. The van der Waals surface area contributed by atoms with Gasteiger partial charge in [0.1, 0.15) is 5.82 Å². The average Bonchev–Trinajstić information content (AvgIpc) is 2.18. The van der Waals surface area contributed by atoms with Crippen LogP contribution in [0.1, 0.15) is 19.4 Å². The molecule has 0 radical (unpaired) electrons. The molecule has 1 unspecified atom stereocenters. The molecular formula is C11H15FN2O. The van der Waals surface area contributed by atoms with Crippen molar-refractivity contribution in [3.63, 3.8) is 0 Å². The third-order valence-electron chi connectivity index (χ3n) is 2.12. The highest BCUT2D eigenvalue weighted by atomic mass is 19.1. The van der Waals surface area contributed by atoms with Crippen molar-refractivity contribution in [2.24, 2.45) is 5.73 Å². The van der Waals surface area contributed by atoms with Crippen molar-refractivity contribution < 1.29 is 9.18 Å². The highest BCUT2D eigenvalue weighted by Crippen LogP contribution is 2.14. The quantitative estimate of drug-likeness (QED) is 0.797. The number of hydrogen-bond acceptors (Lipinski definition) is 2. The third kappa shape index (κ3) is 3.02. The van der Waals surface area contributed by atoms with Gasteiger partial charge in [-0.1, -0.05) is 13.0 Å². The second-order valence-electron chi connectivity index (χ2n) is 3.44. The van der Waals surface area contributed by atoms with Crippen molar-refractivity contribution in [3.8, 4) is 0 Å². The summed E-state index contributed by atoms with van der Waals surface area (Å²) in [6.07, 6.45) is 0.632. The number of aryl methyl sites for hydroxylation is 1. The van der Waals surface area contributed by atoms with Crippen LogP contribution in [0.5, 0.6) is 0 Å². The lowest BCUT2D eigenvalue weighted by atomic mass is 10.1. The van der Waals surface area contributed by atoms with E-state index in [1.54, 1.807) is 19.1 Å². The number of nitrogens with two attached hydrogens (primary N) is 1. The number of halogens is 1. The number of amides is 1. The van der Waals surface area contributed by atoms with E-state index < -0.39 is 6.04 Å². The van der Waals surface area contributed by atoms with Crippen LogP contribution in [0, 0.1) is 5.82 Å². The summed E-state index contributed by atoms with van der Waals surface area (Å²) in [6, 6.07) is 4.03. The number of nitrogens with one attached hydrogen (secondary N) is 1. The van der Waals surface area contributed by atoms with Crippen molar-refractivity contribution in [2.75, 3.05) is 5.32 Å². The summed E-state index contributed by atoms with van der Waals surface area (Å²) >= 11 is 0. The van der Waals surface area contributed by atoms with Crippen LogP contribution in [0.4, 0.5) is 10.1 Å². The van der Waals surface area contributed by atoms with E-state index in [2.05, 4.69) is 5.32 Å². The molecule has 15 heavy (non-hydrogen) atoms. The van der Waals surface area contributed by atoms with Crippen molar-refractivity contribution in [3.05, 3.63) is 29.6 Å². The molecular weight excluding hydrogens is 195 g/mol. The minimum absolute atomic E-state index is 0.306. The first-order valence-corrected chi connectivity index (χ1v) is 4.89. The molecule has 1 aromatic carbocycles. The van der Waals surface area contributed by atoms with E-state index in [4.69, 9.17) is 5.73 Å². The van der Waals surface area contributed by atoms with Gasteiger partial charge in [0, 0.05) is 5.69 Å². The Morgan fingerprint density at radius 3 is 2.73 bits per heavy atom. The van der Waals surface area contributed by atoms with Gasteiger partial charge in [0.05, 0.1) is 6.04 Å². The molecule has 1 amide bonds. The fourth-order valence-corrected chi connectivity index (χ4v) is 1.17. The van der Waals surface area contributed by atoms with Gasteiger partial charge in [-0.3, -0.25) is 4.79 Å². The predicted octanol–water partition coefficient (Wildman–Crippen LogP) is 1.67. The van der Waals surface area contributed by atoms with E-state index in [0.29, 0.717) is 17.7 Å². The summed E-state index contributed by atoms with van der Waals surface area (Å²) in [5.41, 5.74) is 6.44. The lowest BCUT2D eigenvalue weighted by Gasteiger charge is -2.08. The van der Waals surface area contributed by atoms with Crippen LogP contribution in [0.15, 0.2) is 18.2 Å². The van der Waals surface area contributed by atoms with Crippen LogP contribution in [-0.4, -0.2) is 11.9 Å². The molecule has 0 aromatic heterocycles. The van der Waals surface area contributed by atoms with E-state index >= 15 is 0 Å². The highest BCUT2D eigenvalue weighted by molar-refractivity contribution is 5.94. The monoisotopic (exact) mass is 210 g/mol. The number of carbonyl (C=O) groups excluding carboxylic acids is 1. The fraction of sp³-hybridized carbons (Fsp3) is 0.364. The SMILES string of the molecule is CCc1ccc(NC(=O)C(C)N)cc1F. The van der Waals surface area contributed by atoms with E-state index in [1.165, 1.54) is 6.07 Å². The number of carbonyl (C=O) groups is 1. The van der Waals surface area contributed by atoms with Crippen LogP contribution in [0.25, 0.3) is 0 Å². The zero-order chi connectivity index (χ0) is 11.4. The van der Waals surface area contributed by atoms with Gasteiger partial charge in [0.15, 0.2) is 0 Å². The Hall–Kier alpha value is -1.42. The number of hydrogen-bond donors (Lipinski definition) is 2. The van der Waals surface area contributed by atoms with Crippen LogP contribution in [-0.2, 0) is 11.2 Å². The summed E-state index contributed by atoms with van der Waals surface area (Å²) in [4.78, 5) is 11.2. The summed E-state index contributed by atoms with van der Waals surface area (Å²) in [5.74, 6) is -0.626. The summed E-state index contributed by atoms with van der Waals surface area (Å²) < 4.78 is 13.3. The molecule has 0 saturated heterocycles. The van der Waals surface area contributed by atoms with E-state index in [-0.39, 0.29) is 11.7 Å². The first kappa shape index (κ1) is 11.7.